The summed E-state index contributed by atoms with van der Waals surface area (Å²) in [6.45, 7) is 4.83. The van der Waals surface area contributed by atoms with Crippen molar-refractivity contribution >= 4 is 0 Å². The van der Waals surface area contributed by atoms with Gasteiger partial charge in [0.15, 0.2) is 0 Å². The third kappa shape index (κ3) is 1.94. The molecule has 0 aromatic heterocycles. The zero-order chi connectivity index (χ0) is 9.97. The molecule has 0 aliphatic heterocycles. The molecule has 1 fully saturated rings. The molecule has 0 aromatic rings. The average Bonchev–Trinajstić information content (AvgIpc) is 2.48. The van der Waals surface area contributed by atoms with Crippen LogP contribution in [0.25, 0.3) is 0 Å². The van der Waals surface area contributed by atoms with Gasteiger partial charge in [-0.1, -0.05) is 44.1 Å². The first-order valence-corrected chi connectivity index (χ1v) is 6.15. The molecule has 14 heavy (non-hydrogen) atoms. The molecule has 3 unspecified atom stereocenters. The lowest BCUT2D eigenvalue weighted by Crippen LogP contribution is -2.05. The number of rotatable bonds is 0. The van der Waals surface area contributed by atoms with Crippen LogP contribution in [-0.4, -0.2) is 0 Å². The van der Waals surface area contributed by atoms with Crippen molar-refractivity contribution in [3.05, 3.63) is 23.8 Å². The third-order valence-electron chi connectivity index (χ3n) is 3.97. The summed E-state index contributed by atoms with van der Waals surface area (Å²) in [6, 6.07) is 0. The Morgan fingerprint density at radius 3 is 2.93 bits per heavy atom. The van der Waals surface area contributed by atoms with Crippen LogP contribution < -0.4 is 0 Å². The highest BCUT2D eigenvalue weighted by atomic mass is 14.4. The number of allylic oxidation sites excluding steroid dienone is 4. The molecule has 0 aromatic carbocycles. The number of fused-ring (bicyclic) bond motifs is 1. The second kappa shape index (κ2) is 4.33. The molecule has 0 bridgehead atoms. The third-order valence-corrected chi connectivity index (χ3v) is 3.97. The van der Waals surface area contributed by atoms with Crippen LogP contribution in [0.5, 0.6) is 0 Å². The summed E-state index contributed by atoms with van der Waals surface area (Å²) in [4.78, 5) is 0. The Bertz CT molecular complexity index is 247. The van der Waals surface area contributed by atoms with E-state index in [0.29, 0.717) is 0 Å². The molecule has 0 N–H and O–H groups in total. The summed E-state index contributed by atoms with van der Waals surface area (Å²) in [7, 11) is 0. The van der Waals surface area contributed by atoms with E-state index in [1.807, 2.05) is 0 Å². The maximum absolute atomic E-state index is 2.43. The van der Waals surface area contributed by atoms with Gasteiger partial charge in [0.1, 0.15) is 0 Å². The Kier molecular flexibility index (Phi) is 3.10. The van der Waals surface area contributed by atoms with E-state index >= 15 is 0 Å². The van der Waals surface area contributed by atoms with Crippen molar-refractivity contribution < 1.29 is 0 Å². The van der Waals surface area contributed by atoms with Crippen molar-refractivity contribution in [1.82, 2.24) is 0 Å². The maximum Gasteiger partial charge on any atom is -0.0171 e. The fourth-order valence-electron chi connectivity index (χ4n) is 3.19. The molecule has 1 saturated carbocycles. The standard InChI is InChI=1S/C14H22/c1-11-10-12(2)14-9-7-5-3-4-6-8-13(11)14/h4,6,8,11-12,14H,3,5,7,9-10H2,1-2H3/b6-4-,13-8-. The van der Waals surface area contributed by atoms with Crippen LogP contribution in [0.3, 0.4) is 0 Å². The van der Waals surface area contributed by atoms with Crippen molar-refractivity contribution in [3.8, 4) is 0 Å². The molecule has 2 aliphatic carbocycles. The number of hydrogen-bond donors (Lipinski definition) is 0. The van der Waals surface area contributed by atoms with Crippen molar-refractivity contribution in [1.29, 1.82) is 0 Å². The average molecular weight is 190 g/mol. The first-order valence-electron chi connectivity index (χ1n) is 6.15. The smallest absolute Gasteiger partial charge is 0.0171 e. The molecule has 0 radical (unpaired) electrons. The molecular formula is C14H22. The fourth-order valence-corrected chi connectivity index (χ4v) is 3.19. The van der Waals surface area contributed by atoms with Gasteiger partial charge in [0.25, 0.3) is 0 Å². The van der Waals surface area contributed by atoms with Crippen LogP contribution in [0, 0.1) is 17.8 Å². The minimum atomic E-state index is 0.831. The largest absolute Gasteiger partial charge is 0.0845 e. The zero-order valence-corrected chi connectivity index (χ0v) is 9.50. The van der Waals surface area contributed by atoms with Gasteiger partial charge in [0.2, 0.25) is 0 Å². The SMILES string of the molecule is CC1CC(C)C2CCCC/C=C\C=C\12. The monoisotopic (exact) mass is 190 g/mol. The zero-order valence-electron chi connectivity index (χ0n) is 9.50. The molecule has 0 nitrogen and oxygen atoms in total. The van der Waals surface area contributed by atoms with Gasteiger partial charge in [-0.3, -0.25) is 0 Å². The lowest BCUT2D eigenvalue weighted by molar-refractivity contribution is 0.413. The van der Waals surface area contributed by atoms with Crippen LogP contribution >= 0.6 is 0 Å². The van der Waals surface area contributed by atoms with Gasteiger partial charge in [-0.15, -0.1) is 0 Å². The highest BCUT2D eigenvalue weighted by Crippen LogP contribution is 2.43. The summed E-state index contributed by atoms with van der Waals surface area (Å²) >= 11 is 0. The minimum Gasteiger partial charge on any atom is -0.0845 e. The fraction of sp³-hybridized carbons (Fsp3) is 0.714. The summed E-state index contributed by atoms with van der Waals surface area (Å²) in [6.07, 6.45) is 14.0. The molecule has 2 rings (SSSR count). The van der Waals surface area contributed by atoms with E-state index in [2.05, 4.69) is 32.1 Å². The van der Waals surface area contributed by atoms with Crippen molar-refractivity contribution in [2.75, 3.05) is 0 Å². The van der Waals surface area contributed by atoms with Gasteiger partial charge in [0.05, 0.1) is 0 Å². The Labute approximate surface area is 88.1 Å². The second-order valence-corrected chi connectivity index (χ2v) is 5.10. The van der Waals surface area contributed by atoms with E-state index in [0.717, 1.165) is 17.8 Å². The van der Waals surface area contributed by atoms with E-state index < -0.39 is 0 Å². The van der Waals surface area contributed by atoms with Gasteiger partial charge >= 0.3 is 0 Å². The van der Waals surface area contributed by atoms with E-state index in [1.165, 1.54) is 32.1 Å². The second-order valence-electron chi connectivity index (χ2n) is 5.10. The molecule has 0 heterocycles. The van der Waals surface area contributed by atoms with Crippen molar-refractivity contribution in [3.63, 3.8) is 0 Å². The molecular weight excluding hydrogens is 168 g/mol. The van der Waals surface area contributed by atoms with Crippen LogP contribution in [0.1, 0.15) is 46.0 Å². The Hall–Kier alpha value is -0.520. The van der Waals surface area contributed by atoms with Gasteiger partial charge in [-0.05, 0) is 43.4 Å². The first kappa shape index (κ1) is 10.0. The molecule has 78 valence electrons. The van der Waals surface area contributed by atoms with E-state index in [9.17, 15) is 0 Å². The molecule has 3 atom stereocenters. The van der Waals surface area contributed by atoms with E-state index in [-0.39, 0.29) is 0 Å². The van der Waals surface area contributed by atoms with Gasteiger partial charge in [-0.25, -0.2) is 0 Å². The normalized spacial score (nSPS) is 44.1. The summed E-state index contributed by atoms with van der Waals surface area (Å²) in [5.41, 5.74) is 1.73. The summed E-state index contributed by atoms with van der Waals surface area (Å²) in [5.74, 6) is 2.65. The van der Waals surface area contributed by atoms with Gasteiger partial charge < -0.3 is 0 Å². The van der Waals surface area contributed by atoms with Crippen molar-refractivity contribution in [2.45, 2.75) is 46.0 Å². The highest BCUT2D eigenvalue weighted by Gasteiger charge is 2.32. The lowest BCUT2D eigenvalue weighted by atomic mass is 9.89. The minimum absolute atomic E-state index is 0.831. The van der Waals surface area contributed by atoms with Crippen LogP contribution in [0.4, 0.5) is 0 Å². The predicted molar refractivity (Wildman–Crippen MR) is 62.1 cm³/mol. The summed E-state index contributed by atoms with van der Waals surface area (Å²) in [5, 5.41) is 0. The summed E-state index contributed by atoms with van der Waals surface area (Å²) < 4.78 is 0. The molecule has 0 heteroatoms. The molecule has 2 aliphatic rings. The quantitative estimate of drug-likeness (QED) is 0.533. The van der Waals surface area contributed by atoms with Gasteiger partial charge in [-0.2, -0.15) is 0 Å². The highest BCUT2D eigenvalue weighted by molar-refractivity contribution is 5.22. The number of hydrogen-bond acceptors (Lipinski definition) is 0. The molecule has 0 saturated heterocycles. The topological polar surface area (TPSA) is 0 Å². The van der Waals surface area contributed by atoms with Crippen LogP contribution in [0.15, 0.2) is 23.8 Å². The Morgan fingerprint density at radius 1 is 1.21 bits per heavy atom. The Balaban J connectivity index is 2.19. The van der Waals surface area contributed by atoms with E-state index in [4.69, 9.17) is 0 Å². The predicted octanol–water partition coefficient (Wildman–Crippen LogP) is 4.34. The van der Waals surface area contributed by atoms with Crippen molar-refractivity contribution in [2.24, 2.45) is 17.8 Å². The van der Waals surface area contributed by atoms with Gasteiger partial charge in [0, 0.05) is 0 Å². The van der Waals surface area contributed by atoms with Crippen LogP contribution in [0.2, 0.25) is 0 Å². The maximum atomic E-state index is 2.43. The molecule has 0 amide bonds. The van der Waals surface area contributed by atoms with E-state index in [1.54, 1.807) is 5.57 Å². The first-order chi connectivity index (χ1) is 6.79. The lowest BCUT2D eigenvalue weighted by Gasteiger charge is -2.16. The Morgan fingerprint density at radius 2 is 2.07 bits per heavy atom. The molecule has 0 spiro atoms. The van der Waals surface area contributed by atoms with Crippen LogP contribution in [-0.2, 0) is 0 Å².